The van der Waals surface area contributed by atoms with Gasteiger partial charge in [0.05, 0.1) is 24.9 Å². The second-order valence-electron chi connectivity index (χ2n) is 13.0. The Morgan fingerprint density at radius 2 is 1.45 bits per heavy atom. The molecule has 1 aliphatic rings. The standard InChI is InChI=1S/C23H49NO5Si2/c1-21(2,3)28-20(26)24-15-14-18(29-31(12,13)23(7,8)9)19(24)17(25)16-27-30(10,11)22(4,5)6/h17-19,25H,14-16H2,1-13H3/t17-,18?,19-/m1/s1. The molecule has 1 fully saturated rings. The van der Waals surface area contributed by atoms with E-state index < -0.39 is 40.5 Å². The van der Waals surface area contributed by atoms with E-state index in [2.05, 4.69) is 67.7 Å². The lowest BCUT2D eigenvalue weighted by Gasteiger charge is -2.42. The normalized spacial score (nSPS) is 22.6. The summed E-state index contributed by atoms with van der Waals surface area (Å²) in [6.45, 7) is 28.2. The minimum Gasteiger partial charge on any atom is -0.444 e. The summed E-state index contributed by atoms with van der Waals surface area (Å²) in [6, 6.07) is -0.478. The van der Waals surface area contributed by atoms with Gasteiger partial charge in [-0.15, -0.1) is 0 Å². The Morgan fingerprint density at radius 3 is 1.87 bits per heavy atom. The van der Waals surface area contributed by atoms with Gasteiger partial charge in [0.15, 0.2) is 16.6 Å². The minimum atomic E-state index is -2.08. The third-order valence-electron chi connectivity index (χ3n) is 7.09. The third kappa shape index (κ3) is 7.55. The fourth-order valence-corrected chi connectivity index (χ4v) is 5.46. The largest absolute Gasteiger partial charge is 0.444 e. The van der Waals surface area contributed by atoms with Crippen LogP contribution in [0.5, 0.6) is 0 Å². The Kier molecular flexibility index (Phi) is 8.72. The zero-order valence-electron chi connectivity index (χ0n) is 22.4. The molecule has 1 amide bonds. The zero-order valence-corrected chi connectivity index (χ0v) is 24.4. The summed E-state index contributed by atoms with van der Waals surface area (Å²) in [5.41, 5.74) is -0.595. The number of likely N-dealkylation sites (tertiary alicyclic amines) is 1. The molecule has 0 aromatic rings. The highest BCUT2D eigenvalue weighted by molar-refractivity contribution is 6.74. The van der Waals surface area contributed by atoms with Gasteiger partial charge in [-0.3, -0.25) is 4.90 Å². The molecule has 0 radical (unpaired) electrons. The van der Waals surface area contributed by atoms with Gasteiger partial charge in [-0.1, -0.05) is 41.5 Å². The van der Waals surface area contributed by atoms with Crippen LogP contribution >= 0.6 is 0 Å². The number of aliphatic hydroxyl groups is 1. The van der Waals surface area contributed by atoms with E-state index in [1.807, 2.05) is 20.8 Å². The number of nitrogens with zero attached hydrogens (tertiary/aromatic N) is 1. The van der Waals surface area contributed by atoms with Crippen molar-refractivity contribution in [2.75, 3.05) is 13.2 Å². The van der Waals surface area contributed by atoms with Gasteiger partial charge in [0, 0.05) is 6.54 Å². The Balaban J connectivity index is 3.12. The van der Waals surface area contributed by atoms with Gasteiger partial charge in [0.25, 0.3) is 0 Å². The molecule has 8 heteroatoms. The molecule has 0 aliphatic carbocycles. The van der Waals surface area contributed by atoms with E-state index in [0.717, 1.165) is 0 Å². The van der Waals surface area contributed by atoms with Crippen LogP contribution in [0.25, 0.3) is 0 Å². The Hall–Kier alpha value is -0.416. The smallest absolute Gasteiger partial charge is 0.410 e. The molecule has 0 bridgehead atoms. The average Bonchev–Trinajstić information content (AvgIpc) is 2.92. The highest BCUT2D eigenvalue weighted by Gasteiger charge is 2.49. The van der Waals surface area contributed by atoms with Gasteiger partial charge < -0.3 is 18.7 Å². The van der Waals surface area contributed by atoms with Crippen molar-refractivity contribution in [1.29, 1.82) is 0 Å². The number of hydrogen-bond donors (Lipinski definition) is 1. The average molecular weight is 476 g/mol. The summed E-state index contributed by atoms with van der Waals surface area (Å²) in [6.07, 6.45) is -0.774. The van der Waals surface area contributed by atoms with E-state index in [4.69, 9.17) is 13.6 Å². The lowest BCUT2D eigenvalue weighted by atomic mass is 10.1. The monoisotopic (exact) mass is 475 g/mol. The molecule has 1 saturated heterocycles. The quantitative estimate of drug-likeness (QED) is 0.494. The maximum Gasteiger partial charge on any atom is 0.410 e. The summed E-state index contributed by atoms with van der Waals surface area (Å²) < 4.78 is 18.6. The summed E-state index contributed by atoms with van der Waals surface area (Å²) in [4.78, 5) is 14.6. The fraction of sp³-hybridized carbons (Fsp3) is 0.957. The van der Waals surface area contributed by atoms with Crippen molar-refractivity contribution in [3.05, 3.63) is 0 Å². The maximum atomic E-state index is 13.0. The lowest BCUT2D eigenvalue weighted by molar-refractivity contribution is -0.0254. The van der Waals surface area contributed by atoms with Crippen LogP contribution in [0.2, 0.25) is 36.3 Å². The molecule has 0 spiro atoms. The van der Waals surface area contributed by atoms with E-state index in [0.29, 0.717) is 13.0 Å². The van der Waals surface area contributed by atoms with Gasteiger partial charge >= 0.3 is 6.09 Å². The van der Waals surface area contributed by atoms with Crippen LogP contribution in [0.1, 0.15) is 68.7 Å². The van der Waals surface area contributed by atoms with Crippen LogP contribution in [0.15, 0.2) is 0 Å². The number of amides is 1. The van der Waals surface area contributed by atoms with Crippen LogP contribution < -0.4 is 0 Å². The number of carbonyl (C=O) groups is 1. The summed E-state index contributed by atoms with van der Waals surface area (Å²) in [5, 5.41) is 11.3. The van der Waals surface area contributed by atoms with Gasteiger partial charge in [-0.05, 0) is 63.5 Å². The Bertz CT molecular complexity index is 617. The van der Waals surface area contributed by atoms with Crippen LogP contribution in [0.4, 0.5) is 4.79 Å². The van der Waals surface area contributed by atoms with Crippen LogP contribution in [-0.2, 0) is 13.6 Å². The van der Waals surface area contributed by atoms with E-state index in [9.17, 15) is 9.90 Å². The first-order chi connectivity index (χ1) is 13.6. The van der Waals surface area contributed by atoms with Crippen molar-refractivity contribution in [2.45, 2.75) is 129 Å². The number of rotatable bonds is 6. The van der Waals surface area contributed by atoms with Crippen molar-refractivity contribution in [3.63, 3.8) is 0 Å². The zero-order chi connectivity index (χ0) is 24.6. The molecule has 1 heterocycles. The molecule has 31 heavy (non-hydrogen) atoms. The molecule has 1 aliphatic heterocycles. The summed E-state index contributed by atoms with van der Waals surface area (Å²) >= 11 is 0. The molecular weight excluding hydrogens is 426 g/mol. The van der Waals surface area contributed by atoms with Crippen molar-refractivity contribution in [1.82, 2.24) is 4.90 Å². The van der Waals surface area contributed by atoms with Gasteiger partial charge in [-0.2, -0.15) is 0 Å². The van der Waals surface area contributed by atoms with E-state index in [-0.39, 0.29) is 22.8 Å². The molecule has 1 rings (SSSR count). The van der Waals surface area contributed by atoms with Crippen molar-refractivity contribution >= 4 is 22.7 Å². The molecule has 184 valence electrons. The van der Waals surface area contributed by atoms with Crippen LogP contribution in [0, 0.1) is 0 Å². The molecule has 0 saturated carbocycles. The highest BCUT2D eigenvalue weighted by atomic mass is 28.4. The number of ether oxygens (including phenoxy) is 1. The first-order valence-electron chi connectivity index (χ1n) is 11.6. The second kappa shape index (κ2) is 9.45. The summed E-state index contributed by atoms with van der Waals surface area (Å²) in [7, 11) is -4.11. The number of aliphatic hydroxyl groups excluding tert-OH is 1. The third-order valence-corrected chi connectivity index (χ3v) is 16.1. The molecule has 0 aromatic carbocycles. The van der Waals surface area contributed by atoms with Crippen molar-refractivity contribution in [2.24, 2.45) is 0 Å². The Labute approximate surface area is 193 Å². The predicted octanol–water partition coefficient (Wildman–Crippen LogP) is 5.77. The van der Waals surface area contributed by atoms with Crippen LogP contribution in [0.3, 0.4) is 0 Å². The molecule has 1 unspecified atom stereocenters. The SMILES string of the molecule is CC(C)(C)OC(=O)N1CCC(O[Si](C)(C)C(C)(C)C)[C@H]1[C@H](O)CO[Si](C)(C)C(C)(C)C. The predicted molar refractivity (Wildman–Crippen MR) is 133 cm³/mol. The topological polar surface area (TPSA) is 68.2 Å². The number of hydrogen-bond acceptors (Lipinski definition) is 5. The molecule has 3 atom stereocenters. The first-order valence-corrected chi connectivity index (χ1v) is 17.4. The summed E-state index contributed by atoms with van der Waals surface area (Å²) in [5.74, 6) is 0. The first kappa shape index (κ1) is 28.6. The number of carbonyl (C=O) groups excluding carboxylic acids is 1. The van der Waals surface area contributed by atoms with Crippen molar-refractivity contribution < 1.29 is 23.5 Å². The van der Waals surface area contributed by atoms with E-state index in [1.54, 1.807) is 4.90 Å². The molecule has 6 nitrogen and oxygen atoms in total. The van der Waals surface area contributed by atoms with E-state index >= 15 is 0 Å². The minimum absolute atomic E-state index is 0.0412. The highest BCUT2D eigenvalue weighted by Crippen LogP contribution is 2.40. The second-order valence-corrected chi connectivity index (χ2v) is 22.6. The fourth-order valence-electron chi connectivity index (χ4n) is 3.07. The maximum absolute atomic E-state index is 13.0. The molecular formula is C23H49NO5Si2. The van der Waals surface area contributed by atoms with Gasteiger partial charge in [-0.25, -0.2) is 4.79 Å². The van der Waals surface area contributed by atoms with Crippen LogP contribution in [-0.4, -0.2) is 69.7 Å². The molecule has 1 N–H and O–H groups in total. The van der Waals surface area contributed by atoms with Crippen molar-refractivity contribution in [3.8, 4) is 0 Å². The van der Waals surface area contributed by atoms with Gasteiger partial charge in [0.2, 0.25) is 0 Å². The molecule has 0 aromatic heterocycles. The Morgan fingerprint density at radius 1 is 0.968 bits per heavy atom. The van der Waals surface area contributed by atoms with E-state index in [1.165, 1.54) is 0 Å². The lowest BCUT2D eigenvalue weighted by Crippen LogP contribution is -2.55. The van der Waals surface area contributed by atoms with Gasteiger partial charge in [0.1, 0.15) is 5.60 Å².